The number of fused-ring (bicyclic) bond motifs is 1. The number of likely N-dealkylation sites (N-methyl/N-ethyl adjacent to an activating group) is 1. The fourth-order valence-corrected chi connectivity index (χ4v) is 2.36. The van der Waals surface area contributed by atoms with Crippen LogP contribution < -0.4 is 0 Å². The molecular weight excluding hydrogens is 312 g/mol. The smallest absolute Gasteiger partial charge is 0.338 e. The van der Waals surface area contributed by atoms with Gasteiger partial charge in [-0.1, -0.05) is 6.08 Å². The summed E-state index contributed by atoms with van der Waals surface area (Å²) < 4.78 is 5.10. The number of esters is 1. The van der Waals surface area contributed by atoms with Crippen molar-refractivity contribution < 1.29 is 23.9 Å². The number of hydrogen-bond acceptors (Lipinski definition) is 5. The van der Waals surface area contributed by atoms with E-state index in [0.29, 0.717) is 0 Å². The van der Waals surface area contributed by atoms with Crippen LogP contribution in [-0.2, 0) is 9.53 Å². The molecular formula is C17H18N2O5. The van der Waals surface area contributed by atoms with Crippen molar-refractivity contribution in [1.82, 2.24) is 9.80 Å². The van der Waals surface area contributed by atoms with E-state index >= 15 is 0 Å². The van der Waals surface area contributed by atoms with Crippen molar-refractivity contribution in [3.8, 4) is 0 Å². The lowest BCUT2D eigenvalue weighted by Gasteiger charge is -2.17. The first-order chi connectivity index (χ1) is 11.3. The van der Waals surface area contributed by atoms with E-state index < -0.39 is 23.9 Å². The average molecular weight is 330 g/mol. The van der Waals surface area contributed by atoms with Crippen molar-refractivity contribution >= 4 is 23.7 Å². The molecule has 7 nitrogen and oxygen atoms in total. The van der Waals surface area contributed by atoms with E-state index in [0.717, 1.165) is 4.90 Å². The number of benzene rings is 1. The van der Waals surface area contributed by atoms with Crippen LogP contribution in [0, 0.1) is 0 Å². The van der Waals surface area contributed by atoms with Crippen molar-refractivity contribution in [3.63, 3.8) is 0 Å². The standard InChI is InChI=1S/C17H18N2O5/c1-5-8-19-15(21)12-7-6-11(9-13(12)16(19)22)17(23)24-10(2)14(20)18(3)4/h5-7,9-10H,1,8H2,2-4H3/t10-/m1/s1. The summed E-state index contributed by atoms with van der Waals surface area (Å²) in [5, 5.41) is 0. The highest BCUT2D eigenvalue weighted by Crippen LogP contribution is 2.24. The summed E-state index contributed by atoms with van der Waals surface area (Å²) in [4.78, 5) is 50.6. The highest BCUT2D eigenvalue weighted by atomic mass is 16.5. The van der Waals surface area contributed by atoms with Gasteiger partial charge in [0, 0.05) is 20.6 Å². The summed E-state index contributed by atoms with van der Waals surface area (Å²) in [6, 6.07) is 4.12. The molecule has 0 N–H and O–H groups in total. The minimum Gasteiger partial charge on any atom is -0.449 e. The SMILES string of the molecule is C=CCN1C(=O)c2ccc(C(=O)O[C@H](C)C(=O)N(C)C)cc2C1=O. The zero-order valence-electron chi connectivity index (χ0n) is 13.7. The predicted octanol–water partition coefficient (Wildman–Crippen LogP) is 1.10. The largest absolute Gasteiger partial charge is 0.449 e. The maximum atomic E-state index is 12.2. The van der Waals surface area contributed by atoms with Gasteiger partial charge in [0.05, 0.1) is 16.7 Å². The molecule has 0 saturated heterocycles. The summed E-state index contributed by atoms with van der Waals surface area (Å²) in [7, 11) is 3.11. The Balaban J connectivity index is 2.23. The molecule has 1 heterocycles. The molecule has 2 rings (SSSR count). The van der Waals surface area contributed by atoms with Crippen LogP contribution in [-0.4, -0.2) is 60.2 Å². The van der Waals surface area contributed by atoms with Gasteiger partial charge in [-0.25, -0.2) is 4.79 Å². The molecule has 1 aliphatic rings. The van der Waals surface area contributed by atoms with Crippen LogP contribution in [0.2, 0.25) is 0 Å². The van der Waals surface area contributed by atoms with Crippen LogP contribution in [0.4, 0.5) is 0 Å². The van der Waals surface area contributed by atoms with Gasteiger partial charge in [-0.3, -0.25) is 19.3 Å². The lowest BCUT2D eigenvalue weighted by Crippen LogP contribution is -2.34. The molecule has 3 amide bonds. The second-order valence-corrected chi connectivity index (χ2v) is 5.55. The molecule has 0 aliphatic carbocycles. The number of imide groups is 1. The van der Waals surface area contributed by atoms with E-state index in [1.807, 2.05) is 0 Å². The Morgan fingerprint density at radius 1 is 1.25 bits per heavy atom. The second-order valence-electron chi connectivity index (χ2n) is 5.55. The van der Waals surface area contributed by atoms with E-state index in [9.17, 15) is 19.2 Å². The van der Waals surface area contributed by atoms with Gasteiger partial charge in [0.1, 0.15) is 0 Å². The van der Waals surface area contributed by atoms with Crippen molar-refractivity contribution in [2.75, 3.05) is 20.6 Å². The lowest BCUT2D eigenvalue weighted by atomic mass is 10.1. The second kappa shape index (κ2) is 6.66. The molecule has 0 unspecified atom stereocenters. The normalized spacial score (nSPS) is 14.2. The Bertz CT molecular complexity index is 738. The molecule has 126 valence electrons. The number of ether oxygens (including phenoxy) is 1. The molecule has 1 aliphatic heterocycles. The fraction of sp³-hybridized carbons (Fsp3) is 0.294. The van der Waals surface area contributed by atoms with Crippen LogP contribution in [0.3, 0.4) is 0 Å². The number of hydrogen-bond donors (Lipinski definition) is 0. The summed E-state index contributed by atoms with van der Waals surface area (Å²) in [5.74, 6) is -2.00. The number of rotatable bonds is 5. The van der Waals surface area contributed by atoms with Crippen LogP contribution in [0.15, 0.2) is 30.9 Å². The van der Waals surface area contributed by atoms with E-state index in [2.05, 4.69) is 6.58 Å². The Labute approximate surface area is 139 Å². The van der Waals surface area contributed by atoms with E-state index in [1.54, 1.807) is 14.1 Å². The number of nitrogens with zero attached hydrogens (tertiary/aromatic N) is 2. The third-order valence-corrected chi connectivity index (χ3v) is 3.59. The first kappa shape index (κ1) is 17.4. The van der Waals surface area contributed by atoms with Crippen LogP contribution >= 0.6 is 0 Å². The Morgan fingerprint density at radius 2 is 1.88 bits per heavy atom. The third-order valence-electron chi connectivity index (χ3n) is 3.59. The van der Waals surface area contributed by atoms with Gasteiger partial charge in [-0.2, -0.15) is 0 Å². The quantitative estimate of drug-likeness (QED) is 0.459. The first-order valence-corrected chi connectivity index (χ1v) is 7.31. The maximum absolute atomic E-state index is 12.2. The molecule has 7 heteroatoms. The van der Waals surface area contributed by atoms with E-state index in [-0.39, 0.29) is 29.1 Å². The Morgan fingerprint density at radius 3 is 2.46 bits per heavy atom. The van der Waals surface area contributed by atoms with Gasteiger partial charge >= 0.3 is 5.97 Å². The summed E-state index contributed by atoms with van der Waals surface area (Å²) in [6.07, 6.45) is 0.501. The average Bonchev–Trinajstić information content (AvgIpc) is 2.78. The molecule has 24 heavy (non-hydrogen) atoms. The van der Waals surface area contributed by atoms with Gasteiger partial charge in [-0.15, -0.1) is 6.58 Å². The zero-order chi connectivity index (χ0) is 18.0. The molecule has 1 aromatic carbocycles. The topological polar surface area (TPSA) is 84.0 Å². The van der Waals surface area contributed by atoms with Crippen molar-refractivity contribution in [1.29, 1.82) is 0 Å². The molecule has 0 fully saturated rings. The Kier molecular flexibility index (Phi) is 4.82. The van der Waals surface area contributed by atoms with Crippen LogP contribution in [0.25, 0.3) is 0 Å². The Hall–Kier alpha value is -2.96. The van der Waals surface area contributed by atoms with Gasteiger partial charge < -0.3 is 9.64 Å². The third kappa shape index (κ3) is 3.05. The first-order valence-electron chi connectivity index (χ1n) is 7.31. The maximum Gasteiger partial charge on any atom is 0.338 e. The number of carbonyl (C=O) groups is 4. The number of amides is 3. The summed E-state index contributed by atoms with van der Waals surface area (Å²) >= 11 is 0. The van der Waals surface area contributed by atoms with E-state index in [1.165, 1.54) is 36.1 Å². The minimum absolute atomic E-state index is 0.0977. The molecule has 1 aromatic rings. The van der Waals surface area contributed by atoms with Gasteiger partial charge in [0.15, 0.2) is 6.10 Å². The van der Waals surface area contributed by atoms with Gasteiger partial charge in [-0.05, 0) is 25.1 Å². The molecule has 0 aromatic heterocycles. The zero-order valence-corrected chi connectivity index (χ0v) is 13.7. The molecule has 0 bridgehead atoms. The molecule has 0 spiro atoms. The van der Waals surface area contributed by atoms with Gasteiger partial charge in [0.2, 0.25) is 0 Å². The highest BCUT2D eigenvalue weighted by Gasteiger charge is 2.35. The van der Waals surface area contributed by atoms with Crippen LogP contribution in [0.5, 0.6) is 0 Å². The minimum atomic E-state index is -0.949. The monoisotopic (exact) mass is 330 g/mol. The van der Waals surface area contributed by atoms with Gasteiger partial charge in [0.25, 0.3) is 17.7 Å². The van der Waals surface area contributed by atoms with E-state index in [4.69, 9.17) is 4.74 Å². The molecule has 0 radical (unpaired) electrons. The van der Waals surface area contributed by atoms with Crippen molar-refractivity contribution in [2.24, 2.45) is 0 Å². The van der Waals surface area contributed by atoms with Crippen molar-refractivity contribution in [3.05, 3.63) is 47.5 Å². The van der Waals surface area contributed by atoms with Crippen LogP contribution in [0.1, 0.15) is 38.0 Å². The predicted molar refractivity (Wildman–Crippen MR) is 85.6 cm³/mol. The summed E-state index contributed by atoms with van der Waals surface area (Å²) in [5.41, 5.74) is 0.479. The summed E-state index contributed by atoms with van der Waals surface area (Å²) in [6.45, 7) is 5.07. The lowest BCUT2D eigenvalue weighted by molar-refractivity contribution is -0.137. The number of carbonyl (C=O) groups excluding carboxylic acids is 4. The highest BCUT2D eigenvalue weighted by molar-refractivity contribution is 6.22. The molecule has 0 saturated carbocycles. The fourth-order valence-electron chi connectivity index (χ4n) is 2.36. The van der Waals surface area contributed by atoms with Crippen molar-refractivity contribution in [2.45, 2.75) is 13.0 Å². The molecule has 1 atom stereocenters.